The molecule has 0 N–H and O–H groups in total. The van der Waals surface area contributed by atoms with Crippen LogP contribution in [-0.4, -0.2) is 15.0 Å². The van der Waals surface area contributed by atoms with Crippen LogP contribution in [0.15, 0.2) is 71.4 Å². The highest BCUT2D eigenvalue weighted by atomic mass is 16.3. The molecule has 5 rings (SSSR count). The van der Waals surface area contributed by atoms with Gasteiger partial charge in [-0.2, -0.15) is 0 Å². The van der Waals surface area contributed by atoms with Crippen molar-refractivity contribution in [2.45, 2.75) is 0 Å². The van der Waals surface area contributed by atoms with E-state index in [0.717, 1.165) is 44.4 Å². The molecule has 0 unspecified atom stereocenters. The molecule has 0 amide bonds. The zero-order valence-corrected chi connectivity index (χ0v) is 12.1. The maximum Gasteiger partial charge on any atom is 0.153 e. The quantitative estimate of drug-likeness (QED) is 0.454. The number of hydrogen-bond donors (Lipinski definition) is 0. The van der Waals surface area contributed by atoms with Crippen LogP contribution in [0, 0.1) is 0 Å². The summed E-state index contributed by atoms with van der Waals surface area (Å²) in [6, 6.07) is 17.7. The molecule has 0 bridgehead atoms. The molecular formula is C19H11N3O. The molecule has 4 aromatic heterocycles. The first-order valence-electron chi connectivity index (χ1n) is 7.38. The normalized spacial score (nSPS) is 11.5. The lowest BCUT2D eigenvalue weighted by Gasteiger charge is -2.04. The average molecular weight is 297 g/mol. The fraction of sp³-hybridized carbons (Fsp3) is 0. The van der Waals surface area contributed by atoms with Crippen LogP contribution in [0.2, 0.25) is 0 Å². The van der Waals surface area contributed by atoms with E-state index in [0.29, 0.717) is 0 Å². The monoisotopic (exact) mass is 297 g/mol. The van der Waals surface area contributed by atoms with Crippen LogP contribution < -0.4 is 0 Å². The molecule has 0 aliphatic carbocycles. The Kier molecular flexibility index (Phi) is 2.46. The largest absolute Gasteiger partial charge is 0.454 e. The van der Waals surface area contributed by atoms with E-state index in [1.807, 2.05) is 54.6 Å². The predicted octanol–water partition coefficient (Wildman–Crippen LogP) is 4.59. The van der Waals surface area contributed by atoms with Crippen molar-refractivity contribution in [3.63, 3.8) is 0 Å². The van der Waals surface area contributed by atoms with Gasteiger partial charge in [0.1, 0.15) is 16.8 Å². The molecule has 5 aromatic rings. The number of para-hydroxylation sites is 1. The fourth-order valence-corrected chi connectivity index (χ4v) is 2.91. The second-order valence-electron chi connectivity index (χ2n) is 5.38. The number of nitrogens with zero attached hydrogens (tertiary/aromatic N) is 3. The molecule has 4 nitrogen and oxygen atoms in total. The molecule has 0 saturated heterocycles. The Morgan fingerprint density at radius 2 is 1.65 bits per heavy atom. The second-order valence-corrected chi connectivity index (χ2v) is 5.38. The van der Waals surface area contributed by atoms with Crippen molar-refractivity contribution in [1.29, 1.82) is 0 Å². The van der Waals surface area contributed by atoms with Crippen LogP contribution in [0.1, 0.15) is 0 Å². The van der Waals surface area contributed by atoms with E-state index in [1.54, 1.807) is 12.4 Å². The molecule has 0 aliphatic heterocycles. The molecule has 0 radical (unpaired) electrons. The number of aromatic nitrogens is 3. The molecular weight excluding hydrogens is 286 g/mol. The SMILES string of the molecule is c1cnc2c(-c3ccc4oc5ccccc5c4n3)nccc2c1. The Bertz CT molecular complexity index is 1170. The Labute approximate surface area is 131 Å². The van der Waals surface area contributed by atoms with Gasteiger partial charge in [-0.15, -0.1) is 0 Å². The van der Waals surface area contributed by atoms with Gasteiger partial charge in [0, 0.05) is 23.2 Å². The summed E-state index contributed by atoms with van der Waals surface area (Å²) in [5.74, 6) is 0. The lowest BCUT2D eigenvalue weighted by molar-refractivity contribution is 0.668. The van der Waals surface area contributed by atoms with Crippen LogP contribution in [0.5, 0.6) is 0 Å². The van der Waals surface area contributed by atoms with Gasteiger partial charge in [-0.1, -0.05) is 18.2 Å². The minimum atomic E-state index is 0.781. The zero-order valence-electron chi connectivity index (χ0n) is 12.1. The first kappa shape index (κ1) is 12.3. The number of hydrogen-bond acceptors (Lipinski definition) is 4. The van der Waals surface area contributed by atoms with Crippen LogP contribution in [-0.2, 0) is 0 Å². The standard InChI is InChI=1S/C19H11N3O/c1-2-6-15-13(5-1)18-16(23-15)8-7-14(22-18)19-17-12(9-11-21-19)4-3-10-20-17/h1-11H. The third-order valence-electron chi connectivity index (χ3n) is 3.98. The summed E-state index contributed by atoms with van der Waals surface area (Å²) in [6.07, 6.45) is 3.57. The van der Waals surface area contributed by atoms with Gasteiger partial charge >= 0.3 is 0 Å². The van der Waals surface area contributed by atoms with Gasteiger partial charge in [-0.3, -0.25) is 9.97 Å². The lowest BCUT2D eigenvalue weighted by atomic mass is 10.1. The number of fused-ring (bicyclic) bond motifs is 4. The highest BCUT2D eigenvalue weighted by Crippen LogP contribution is 2.30. The topological polar surface area (TPSA) is 51.8 Å². The summed E-state index contributed by atoms with van der Waals surface area (Å²) in [4.78, 5) is 13.7. The minimum absolute atomic E-state index is 0.781. The van der Waals surface area contributed by atoms with Gasteiger partial charge in [0.2, 0.25) is 0 Å². The maximum absolute atomic E-state index is 5.83. The molecule has 0 spiro atoms. The van der Waals surface area contributed by atoms with Gasteiger partial charge in [-0.25, -0.2) is 4.98 Å². The first-order chi connectivity index (χ1) is 11.4. The van der Waals surface area contributed by atoms with Crippen molar-refractivity contribution in [3.8, 4) is 11.4 Å². The van der Waals surface area contributed by atoms with Crippen molar-refractivity contribution < 1.29 is 4.42 Å². The summed E-state index contributed by atoms with van der Waals surface area (Å²) in [6.45, 7) is 0. The molecule has 0 fully saturated rings. The van der Waals surface area contributed by atoms with Gasteiger partial charge in [-0.05, 0) is 36.4 Å². The van der Waals surface area contributed by atoms with Crippen molar-refractivity contribution in [2.24, 2.45) is 0 Å². The molecule has 108 valence electrons. The summed E-state index contributed by atoms with van der Waals surface area (Å²) in [5, 5.41) is 2.06. The summed E-state index contributed by atoms with van der Waals surface area (Å²) in [7, 11) is 0. The predicted molar refractivity (Wildman–Crippen MR) is 90.0 cm³/mol. The Hall–Kier alpha value is -3.27. The van der Waals surface area contributed by atoms with Crippen molar-refractivity contribution in [1.82, 2.24) is 15.0 Å². The van der Waals surface area contributed by atoms with Crippen LogP contribution in [0.25, 0.3) is 44.4 Å². The molecule has 4 heteroatoms. The van der Waals surface area contributed by atoms with E-state index < -0.39 is 0 Å². The third kappa shape index (κ3) is 1.82. The maximum atomic E-state index is 5.83. The van der Waals surface area contributed by atoms with E-state index in [4.69, 9.17) is 9.40 Å². The highest BCUT2D eigenvalue weighted by Gasteiger charge is 2.12. The minimum Gasteiger partial charge on any atom is -0.454 e. The lowest BCUT2D eigenvalue weighted by Crippen LogP contribution is -1.91. The van der Waals surface area contributed by atoms with Crippen molar-refractivity contribution >= 4 is 33.0 Å². The summed E-state index contributed by atoms with van der Waals surface area (Å²) >= 11 is 0. The molecule has 4 heterocycles. The average Bonchev–Trinajstić information content (AvgIpc) is 2.99. The van der Waals surface area contributed by atoms with Gasteiger partial charge in [0.25, 0.3) is 0 Å². The Balaban J connectivity index is 1.84. The van der Waals surface area contributed by atoms with Gasteiger partial charge in [0.15, 0.2) is 5.58 Å². The third-order valence-corrected chi connectivity index (χ3v) is 3.98. The number of furan rings is 1. The molecule has 23 heavy (non-hydrogen) atoms. The van der Waals surface area contributed by atoms with E-state index in [-0.39, 0.29) is 0 Å². The van der Waals surface area contributed by atoms with Gasteiger partial charge < -0.3 is 4.42 Å². The molecule has 1 aromatic carbocycles. The molecule has 0 atom stereocenters. The number of rotatable bonds is 1. The Morgan fingerprint density at radius 3 is 2.65 bits per heavy atom. The van der Waals surface area contributed by atoms with E-state index >= 15 is 0 Å². The smallest absolute Gasteiger partial charge is 0.153 e. The van der Waals surface area contributed by atoms with E-state index in [2.05, 4.69) is 9.97 Å². The molecule has 0 aliphatic rings. The van der Waals surface area contributed by atoms with Crippen molar-refractivity contribution in [2.75, 3.05) is 0 Å². The zero-order chi connectivity index (χ0) is 15.2. The number of benzene rings is 1. The Morgan fingerprint density at radius 1 is 0.696 bits per heavy atom. The van der Waals surface area contributed by atoms with Crippen LogP contribution >= 0.6 is 0 Å². The van der Waals surface area contributed by atoms with E-state index in [9.17, 15) is 0 Å². The van der Waals surface area contributed by atoms with Crippen LogP contribution in [0.4, 0.5) is 0 Å². The van der Waals surface area contributed by atoms with Crippen molar-refractivity contribution in [3.05, 3.63) is 67.0 Å². The second kappa shape index (κ2) is 4.61. The fourth-order valence-electron chi connectivity index (χ4n) is 2.91. The van der Waals surface area contributed by atoms with Gasteiger partial charge in [0.05, 0.1) is 11.2 Å². The molecule has 0 saturated carbocycles. The summed E-state index contributed by atoms with van der Waals surface area (Å²) < 4.78 is 5.83. The highest BCUT2D eigenvalue weighted by molar-refractivity contribution is 6.03. The number of pyridine rings is 3. The first-order valence-corrected chi connectivity index (χ1v) is 7.38. The van der Waals surface area contributed by atoms with E-state index in [1.165, 1.54) is 0 Å². The van der Waals surface area contributed by atoms with Crippen LogP contribution in [0.3, 0.4) is 0 Å². The summed E-state index contributed by atoms with van der Waals surface area (Å²) in [5.41, 5.74) is 4.92.